The number of carbonyl (C=O) groups is 1. The van der Waals surface area contributed by atoms with E-state index in [9.17, 15) is 4.79 Å². The number of aromatic nitrogens is 2. The molecule has 4 aliphatic carbocycles. The van der Waals surface area contributed by atoms with Crippen LogP contribution in [-0.2, 0) is 11.3 Å². The van der Waals surface area contributed by atoms with Crippen LogP contribution in [0.5, 0.6) is 0 Å². The van der Waals surface area contributed by atoms with E-state index in [-0.39, 0.29) is 11.3 Å². The Hall–Kier alpha value is -1.63. The standard InChI is InChI=1S/C25H34N3O/c1-16-3-5-19-18(11-16)4-6-21-20(19)9-10-25(2)22(21)7-8-23(25)24(29)15-28-14-17(12-26)13-27-28/h13-14,18-23H,3-11,15H2,1-2H3/t18-,19+,20-,21-,22+,23-,25+/m1/s1. The van der Waals surface area contributed by atoms with E-state index < -0.39 is 0 Å². The molecule has 0 unspecified atom stereocenters. The third kappa shape index (κ3) is 3.16. The molecule has 0 N–H and O–H groups in total. The van der Waals surface area contributed by atoms with Gasteiger partial charge in [-0.3, -0.25) is 9.48 Å². The maximum absolute atomic E-state index is 13.3. The van der Waals surface area contributed by atoms with Crippen molar-refractivity contribution in [1.82, 2.24) is 9.78 Å². The molecule has 4 aliphatic rings. The summed E-state index contributed by atoms with van der Waals surface area (Å²) in [6.07, 6.45) is 15.1. The third-order valence-electron chi connectivity index (χ3n) is 9.50. The minimum absolute atomic E-state index is 0.169. The molecule has 155 valence electrons. The summed E-state index contributed by atoms with van der Waals surface area (Å²) in [5.41, 5.74) is 0.707. The smallest absolute Gasteiger partial charge is 0.157 e. The number of nitriles is 1. The first kappa shape index (κ1) is 19.3. The van der Waals surface area contributed by atoms with Crippen LogP contribution in [0, 0.1) is 58.2 Å². The normalized spacial score (nSPS) is 41.8. The molecule has 1 aromatic heterocycles. The molecule has 0 amide bonds. The van der Waals surface area contributed by atoms with Crippen LogP contribution in [0.2, 0.25) is 0 Å². The van der Waals surface area contributed by atoms with Crippen molar-refractivity contribution in [1.29, 1.82) is 5.26 Å². The lowest BCUT2D eigenvalue weighted by Crippen LogP contribution is -2.49. The lowest BCUT2D eigenvalue weighted by atomic mass is 9.49. The molecule has 0 aliphatic heterocycles. The number of ketones is 1. The van der Waals surface area contributed by atoms with Gasteiger partial charge in [0.15, 0.2) is 5.78 Å². The number of rotatable bonds is 3. The van der Waals surface area contributed by atoms with Crippen molar-refractivity contribution in [3.63, 3.8) is 0 Å². The molecule has 0 bridgehead atoms. The molecule has 29 heavy (non-hydrogen) atoms. The number of Topliss-reactive ketones (excluding diaryl/α,β-unsaturated/α-hetero) is 1. The van der Waals surface area contributed by atoms with Crippen LogP contribution in [-0.4, -0.2) is 15.6 Å². The molecular weight excluding hydrogens is 358 g/mol. The number of hydrogen-bond acceptors (Lipinski definition) is 3. The van der Waals surface area contributed by atoms with Crippen LogP contribution in [0.15, 0.2) is 12.4 Å². The first-order chi connectivity index (χ1) is 14.0. The Kier molecular flexibility index (Phi) is 4.84. The molecule has 0 saturated heterocycles. The second kappa shape index (κ2) is 7.25. The minimum atomic E-state index is 0.169. The van der Waals surface area contributed by atoms with Crippen LogP contribution in [0.3, 0.4) is 0 Å². The predicted molar refractivity (Wildman–Crippen MR) is 111 cm³/mol. The summed E-state index contributed by atoms with van der Waals surface area (Å²) < 4.78 is 1.66. The average Bonchev–Trinajstić information content (AvgIpc) is 3.30. The predicted octanol–water partition coefficient (Wildman–Crippen LogP) is 5.19. The molecule has 4 fully saturated rings. The van der Waals surface area contributed by atoms with Crippen molar-refractivity contribution >= 4 is 5.78 Å². The van der Waals surface area contributed by atoms with Crippen molar-refractivity contribution in [2.24, 2.45) is 40.9 Å². The van der Waals surface area contributed by atoms with Crippen LogP contribution >= 0.6 is 0 Å². The Morgan fingerprint density at radius 2 is 2.07 bits per heavy atom. The first-order valence-corrected chi connectivity index (χ1v) is 11.8. The third-order valence-corrected chi connectivity index (χ3v) is 9.50. The molecule has 0 spiro atoms. The summed E-state index contributed by atoms with van der Waals surface area (Å²) in [6.45, 7) is 5.12. The van der Waals surface area contributed by atoms with Gasteiger partial charge in [0.2, 0.25) is 0 Å². The van der Waals surface area contributed by atoms with Crippen LogP contribution in [0.4, 0.5) is 0 Å². The van der Waals surface area contributed by atoms with Gasteiger partial charge in [0.05, 0.1) is 18.3 Å². The molecule has 0 aromatic carbocycles. The van der Waals surface area contributed by atoms with Crippen molar-refractivity contribution in [2.75, 3.05) is 0 Å². The van der Waals surface area contributed by atoms with E-state index in [1.54, 1.807) is 23.0 Å². The van der Waals surface area contributed by atoms with Crippen molar-refractivity contribution < 1.29 is 4.79 Å². The van der Waals surface area contributed by atoms with Gasteiger partial charge in [-0.25, -0.2) is 0 Å². The van der Waals surface area contributed by atoms with Gasteiger partial charge in [-0.1, -0.05) is 13.8 Å². The van der Waals surface area contributed by atoms with Crippen molar-refractivity contribution in [2.45, 2.75) is 78.2 Å². The van der Waals surface area contributed by atoms with Crippen LogP contribution in [0.1, 0.15) is 77.2 Å². The highest BCUT2D eigenvalue weighted by atomic mass is 16.1. The highest BCUT2D eigenvalue weighted by Gasteiger charge is 2.58. The summed E-state index contributed by atoms with van der Waals surface area (Å²) >= 11 is 0. The molecule has 4 saturated carbocycles. The van der Waals surface area contributed by atoms with E-state index >= 15 is 0 Å². The van der Waals surface area contributed by atoms with Crippen molar-refractivity contribution in [3.8, 4) is 6.07 Å². The summed E-state index contributed by atoms with van der Waals surface area (Å²) in [5.74, 6) is 6.62. The molecule has 1 aromatic rings. The maximum atomic E-state index is 13.3. The quantitative estimate of drug-likeness (QED) is 0.711. The van der Waals surface area contributed by atoms with E-state index in [4.69, 9.17) is 5.26 Å². The summed E-state index contributed by atoms with van der Waals surface area (Å²) in [7, 11) is 0. The molecule has 1 heterocycles. The number of fused-ring (bicyclic) bond motifs is 5. The fourth-order valence-corrected chi connectivity index (χ4v) is 8.21. The zero-order valence-corrected chi connectivity index (χ0v) is 17.9. The van der Waals surface area contributed by atoms with Gasteiger partial charge in [0.25, 0.3) is 0 Å². The molecule has 1 radical (unpaired) electrons. The van der Waals surface area contributed by atoms with Gasteiger partial charge in [0.1, 0.15) is 6.07 Å². The van der Waals surface area contributed by atoms with Gasteiger partial charge in [-0.2, -0.15) is 10.4 Å². The number of nitrogens with zero attached hydrogens (tertiary/aromatic N) is 3. The van der Waals surface area contributed by atoms with Crippen LogP contribution in [0.25, 0.3) is 0 Å². The van der Waals surface area contributed by atoms with Gasteiger partial charge >= 0.3 is 0 Å². The lowest BCUT2D eigenvalue weighted by molar-refractivity contribution is -0.131. The molecular formula is C25H34N3O. The summed E-state index contributed by atoms with van der Waals surface area (Å²) in [6, 6.07) is 2.10. The second-order valence-corrected chi connectivity index (χ2v) is 10.8. The number of carbonyl (C=O) groups excluding carboxylic acids is 1. The Labute approximate surface area is 175 Å². The maximum Gasteiger partial charge on any atom is 0.157 e. The summed E-state index contributed by atoms with van der Waals surface area (Å²) in [4.78, 5) is 13.3. The Balaban J connectivity index is 1.31. The minimum Gasteiger partial charge on any atom is -0.297 e. The molecule has 4 nitrogen and oxygen atoms in total. The summed E-state index contributed by atoms with van der Waals surface area (Å²) in [5, 5.41) is 13.2. The molecule has 4 heteroatoms. The van der Waals surface area contributed by atoms with Gasteiger partial charge in [0, 0.05) is 12.1 Å². The largest absolute Gasteiger partial charge is 0.297 e. The Morgan fingerprint density at radius 1 is 1.21 bits per heavy atom. The fourth-order valence-electron chi connectivity index (χ4n) is 8.21. The highest BCUT2D eigenvalue weighted by Crippen LogP contribution is 2.64. The Morgan fingerprint density at radius 3 is 2.86 bits per heavy atom. The number of hydrogen-bond donors (Lipinski definition) is 0. The van der Waals surface area contributed by atoms with E-state index in [0.29, 0.717) is 17.9 Å². The van der Waals surface area contributed by atoms with E-state index in [2.05, 4.69) is 25.0 Å². The zero-order valence-electron chi connectivity index (χ0n) is 17.9. The molecule has 5 rings (SSSR count). The van der Waals surface area contributed by atoms with Gasteiger partial charge in [-0.05, 0) is 98.7 Å². The van der Waals surface area contributed by atoms with E-state index in [1.165, 1.54) is 51.4 Å². The Bertz CT molecular complexity index is 822. The topological polar surface area (TPSA) is 58.7 Å². The monoisotopic (exact) mass is 392 g/mol. The highest BCUT2D eigenvalue weighted by molar-refractivity contribution is 5.82. The first-order valence-electron chi connectivity index (χ1n) is 11.8. The van der Waals surface area contributed by atoms with E-state index in [1.807, 2.05) is 0 Å². The van der Waals surface area contributed by atoms with Crippen LogP contribution < -0.4 is 0 Å². The van der Waals surface area contributed by atoms with Gasteiger partial charge < -0.3 is 0 Å². The fraction of sp³-hybridized carbons (Fsp3) is 0.760. The SMILES string of the molecule is C[C]1CC[C@H]2[C@H](CC[C@@H]3[C@@H]2CC[C@]2(C)[C@@H](C(=O)Cn4cc(C#N)cn4)CC[C@@H]32)C1. The van der Waals surface area contributed by atoms with Gasteiger partial charge in [-0.15, -0.1) is 0 Å². The average molecular weight is 393 g/mol. The zero-order chi connectivity index (χ0) is 20.2. The second-order valence-electron chi connectivity index (χ2n) is 10.8. The van der Waals surface area contributed by atoms with Crippen molar-refractivity contribution in [3.05, 3.63) is 23.9 Å². The van der Waals surface area contributed by atoms with E-state index in [0.717, 1.165) is 36.0 Å². The lowest BCUT2D eigenvalue weighted by Gasteiger charge is -2.56. The molecule has 7 atom stereocenters.